The van der Waals surface area contributed by atoms with E-state index in [9.17, 15) is 9.18 Å². The number of aromatic amines is 2. The number of hydrogen-bond acceptors (Lipinski definition) is 2. The van der Waals surface area contributed by atoms with Crippen LogP contribution in [0.2, 0.25) is 0 Å². The minimum atomic E-state index is -0.331. The first-order valence-electron chi connectivity index (χ1n) is 10.2. The zero-order valence-corrected chi connectivity index (χ0v) is 17.2. The molecule has 2 heterocycles. The average Bonchev–Trinajstić information content (AvgIpc) is 3.30. The van der Waals surface area contributed by atoms with Crippen LogP contribution in [0.25, 0.3) is 16.6 Å². The number of nitrogens with zero attached hydrogens (tertiary/aromatic N) is 2. The first-order chi connectivity index (χ1) is 14.6. The summed E-state index contributed by atoms with van der Waals surface area (Å²) in [5.41, 5.74) is 4.98. The van der Waals surface area contributed by atoms with E-state index in [1.807, 2.05) is 25.3 Å². The van der Waals surface area contributed by atoms with E-state index >= 15 is 0 Å². The van der Waals surface area contributed by atoms with Crippen molar-refractivity contribution in [1.29, 1.82) is 0 Å². The van der Waals surface area contributed by atoms with E-state index in [2.05, 4.69) is 29.1 Å². The number of fused-ring (bicyclic) bond motifs is 1. The summed E-state index contributed by atoms with van der Waals surface area (Å²) in [7, 11) is 0. The quantitative estimate of drug-likeness (QED) is 0.427. The molecular formula is C24H25FN4O. The molecule has 6 heteroatoms. The molecule has 0 atom stereocenters. The van der Waals surface area contributed by atoms with Crippen LogP contribution in [0.5, 0.6) is 0 Å². The largest absolute Gasteiger partial charge is 0.361 e. The van der Waals surface area contributed by atoms with Gasteiger partial charge in [0.05, 0.1) is 11.3 Å². The minimum Gasteiger partial charge on any atom is -0.361 e. The van der Waals surface area contributed by atoms with Gasteiger partial charge in [0.1, 0.15) is 5.82 Å². The van der Waals surface area contributed by atoms with Crippen molar-refractivity contribution in [2.75, 3.05) is 6.54 Å². The number of hydrogen-bond donors (Lipinski definition) is 2. The van der Waals surface area contributed by atoms with E-state index in [0.717, 1.165) is 36.2 Å². The normalized spacial score (nSPS) is 12.0. The molecule has 0 aliphatic rings. The van der Waals surface area contributed by atoms with Crippen LogP contribution in [0.15, 0.2) is 64.5 Å². The topological polar surface area (TPSA) is 65.9 Å². The highest BCUT2D eigenvalue weighted by molar-refractivity contribution is 5.99. The zero-order valence-electron chi connectivity index (χ0n) is 17.2. The van der Waals surface area contributed by atoms with E-state index in [0.29, 0.717) is 17.8 Å². The van der Waals surface area contributed by atoms with Crippen LogP contribution in [-0.2, 0) is 12.8 Å². The number of benzene rings is 2. The number of rotatable bonds is 7. The maximum absolute atomic E-state index is 13.3. The van der Waals surface area contributed by atoms with Crippen molar-refractivity contribution in [3.8, 4) is 5.69 Å². The molecule has 0 amide bonds. The summed E-state index contributed by atoms with van der Waals surface area (Å²) in [6, 6.07) is 14.1. The fourth-order valence-electron chi connectivity index (χ4n) is 3.82. The highest BCUT2D eigenvalue weighted by atomic mass is 19.1. The third-order valence-corrected chi connectivity index (χ3v) is 5.32. The van der Waals surface area contributed by atoms with Crippen molar-refractivity contribution in [2.45, 2.75) is 33.1 Å². The number of H-pyrrole nitrogens is 2. The Morgan fingerprint density at radius 2 is 1.87 bits per heavy atom. The summed E-state index contributed by atoms with van der Waals surface area (Å²) in [5, 5.41) is 4.40. The first-order valence-corrected chi connectivity index (χ1v) is 10.2. The molecule has 2 aromatic heterocycles. The Kier molecular flexibility index (Phi) is 5.65. The van der Waals surface area contributed by atoms with E-state index in [-0.39, 0.29) is 11.4 Å². The summed E-state index contributed by atoms with van der Waals surface area (Å²) >= 11 is 0. The molecule has 4 rings (SSSR count). The number of aliphatic imine (C=N–C) groups is 1. The summed E-state index contributed by atoms with van der Waals surface area (Å²) in [4.78, 5) is 21.1. The summed E-state index contributed by atoms with van der Waals surface area (Å²) < 4.78 is 14.7. The number of para-hydroxylation sites is 1. The molecule has 154 valence electrons. The molecular weight excluding hydrogens is 379 g/mol. The SMILES string of the molecule is CCCc1[nH]n(-c2ccc(F)cc2)c(=O)c1C(C)=NCCc1c[nH]c2ccccc12. The molecule has 4 aromatic rings. The molecule has 0 unspecified atom stereocenters. The molecule has 2 aromatic carbocycles. The lowest BCUT2D eigenvalue weighted by atomic mass is 10.1. The van der Waals surface area contributed by atoms with Crippen LogP contribution in [0.4, 0.5) is 4.39 Å². The lowest BCUT2D eigenvalue weighted by Crippen LogP contribution is -2.20. The number of halogens is 1. The Labute approximate surface area is 174 Å². The van der Waals surface area contributed by atoms with Crippen LogP contribution in [0, 0.1) is 5.82 Å². The van der Waals surface area contributed by atoms with Gasteiger partial charge in [-0.25, -0.2) is 9.07 Å². The van der Waals surface area contributed by atoms with Gasteiger partial charge in [-0.3, -0.25) is 14.9 Å². The fourth-order valence-corrected chi connectivity index (χ4v) is 3.82. The molecule has 0 aliphatic carbocycles. The number of aromatic nitrogens is 3. The second kappa shape index (κ2) is 8.53. The molecule has 0 saturated carbocycles. The first kappa shape index (κ1) is 19.9. The van der Waals surface area contributed by atoms with Crippen molar-refractivity contribution in [3.63, 3.8) is 0 Å². The van der Waals surface area contributed by atoms with Crippen LogP contribution in [-0.4, -0.2) is 27.0 Å². The van der Waals surface area contributed by atoms with Gasteiger partial charge in [0.2, 0.25) is 0 Å². The van der Waals surface area contributed by atoms with E-state index in [1.165, 1.54) is 27.8 Å². The Balaban J connectivity index is 1.61. The van der Waals surface area contributed by atoms with Gasteiger partial charge < -0.3 is 4.98 Å². The monoisotopic (exact) mass is 404 g/mol. The van der Waals surface area contributed by atoms with Gasteiger partial charge >= 0.3 is 0 Å². The van der Waals surface area contributed by atoms with Crippen LogP contribution >= 0.6 is 0 Å². The van der Waals surface area contributed by atoms with Crippen LogP contribution < -0.4 is 5.56 Å². The van der Waals surface area contributed by atoms with Crippen LogP contribution in [0.1, 0.15) is 37.1 Å². The van der Waals surface area contributed by atoms with E-state index in [4.69, 9.17) is 4.99 Å². The van der Waals surface area contributed by atoms with Gasteiger partial charge in [-0.05, 0) is 55.7 Å². The minimum absolute atomic E-state index is 0.154. The molecule has 0 aliphatic heterocycles. The molecule has 2 N–H and O–H groups in total. The molecule has 0 bridgehead atoms. The van der Waals surface area contributed by atoms with Crippen molar-refractivity contribution in [3.05, 3.63) is 87.7 Å². The summed E-state index contributed by atoms with van der Waals surface area (Å²) in [6.45, 7) is 4.55. The van der Waals surface area contributed by atoms with Gasteiger partial charge in [0.15, 0.2) is 0 Å². The predicted molar refractivity (Wildman–Crippen MR) is 119 cm³/mol. The molecule has 0 saturated heterocycles. The fraction of sp³-hybridized carbons (Fsp3) is 0.250. The Bertz CT molecular complexity index is 1240. The molecule has 0 spiro atoms. The zero-order chi connectivity index (χ0) is 21.1. The third kappa shape index (κ3) is 3.85. The summed E-state index contributed by atoms with van der Waals surface area (Å²) in [5.74, 6) is -0.331. The lowest BCUT2D eigenvalue weighted by molar-refractivity contribution is 0.626. The van der Waals surface area contributed by atoms with Crippen molar-refractivity contribution < 1.29 is 4.39 Å². The number of aryl methyl sites for hydroxylation is 1. The van der Waals surface area contributed by atoms with Gasteiger partial charge in [0.25, 0.3) is 5.56 Å². The van der Waals surface area contributed by atoms with Gasteiger partial charge in [-0.1, -0.05) is 31.5 Å². The molecule has 0 radical (unpaired) electrons. The number of nitrogens with one attached hydrogen (secondary N) is 2. The lowest BCUT2D eigenvalue weighted by Gasteiger charge is -2.01. The molecule has 0 fully saturated rings. The maximum atomic E-state index is 13.3. The van der Waals surface area contributed by atoms with E-state index in [1.54, 1.807) is 12.1 Å². The molecule has 5 nitrogen and oxygen atoms in total. The Morgan fingerprint density at radius 3 is 2.63 bits per heavy atom. The Morgan fingerprint density at radius 1 is 1.10 bits per heavy atom. The Hall–Kier alpha value is -3.41. The third-order valence-electron chi connectivity index (χ3n) is 5.32. The van der Waals surface area contributed by atoms with E-state index < -0.39 is 0 Å². The van der Waals surface area contributed by atoms with Gasteiger partial charge in [-0.2, -0.15) is 0 Å². The van der Waals surface area contributed by atoms with Crippen molar-refractivity contribution in [1.82, 2.24) is 14.8 Å². The highest BCUT2D eigenvalue weighted by Gasteiger charge is 2.17. The second-order valence-corrected chi connectivity index (χ2v) is 7.41. The maximum Gasteiger partial charge on any atom is 0.280 e. The second-order valence-electron chi connectivity index (χ2n) is 7.41. The van der Waals surface area contributed by atoms with Crippen molar-refractivity contribution in [2.24, 2.45) is 4.99 Å². The van der Waals surface area contributed by atoms with Crippen molar-refractivity contribution >= 4 is 16.6 Å². The van der Waals surface area contributed by atoms with Gasteiger partial charge in [-0.15, -0.1) is 0 Å². The summed E-state index contributed by atoms with van der Waals surface area (Å²) in [6.07, 6.45) is 4.46. The smallest absolute Gasteiger partial charge is 0.280 e. The molecule has 30 heavy (non-hydrogen) atoms. The predicted octanol–water partition coefficient (Wildman–Crippen LogP) is 4.79. The highest BCUT2D eigenvalue weighted by Crippen LogP contribution is 2.18. The van der Waals surface area contributed by atoms with Gasteiger partial charge in [0, 0.05) is 35.1 Å². The standard InChI is InChI=1S/C24H25FN4O/c1-3-6-22-23(24(30)29(28-22)19-11-9-18(25)10-12-19)16(2)26-14-13-17-15-27-21-8-5-4-7-20(17)21/h4-5,7-12,15,27-28H,3,6,13-14H2,1-2H3. The van der Waals surface area contributed by atoms with Crippen LogP contribution in [0.3, 0.4) is 0 Å². The average molecular weight is 404 g/mol.